The lowest BCUT2D eigenvalue weighted by Crippen LogP contribution is -2.29. The molecule has 0 heterocycles. The standard InChI is InChI=1S/C43H87NO5/c1-4-7-10-13-16-17-18-24-30-39-47-42(46)33-26-25-29-36-44(37-38-45)35-28-21-19-20-27-34-43(48-40-31-22-14-11-8-5-2)49-41-32-23-15-12-9-6-3/h43,45H,4-41H2,1-3H3. The number of unbranched alkanes of at least 4 members (excludes halogenated alkanes) is 24. The molecule has 0 saturated heterocycles. The molecule has 6 heteroatoms. The van der Waals surface area contributed by atoms with Crippen molar-refractivity contribution in [2.45, 2.75) is 226 Å². The molecule has 294 valence electrons. The van der Waals surface area contributed by atoms with E-state index in [0.717, 1.165) is 77.8 Å². The lowest BCUT2D eigenvalue weighted by molar-refractivity contribution is -0.148. The number of carbonyl (C=O) groups is 1. The molecule has 1 N–H and O–H groups in total. The molecule has 0 aliphatic carbocycles. The monoisotopic (exact) mass is 698 g/mol. The number of ether oxygens (including phenoxy) is 3. The smallest absolute Gasteiger partial charge is 0.305 e. The molecule has 0 aliphatic rings. The van der Waals surface area contributed by atoms with Crippen LogP contribution in [-0.4, -0.2) is 68.3 Å². The number of nitrogens with zero attached hydrogens (tertiary/aromatic N) is 1. The third kappa shape index (κ3) is 38.4. The van der Waals surface area contributed by atoms with E-state index in [1.54, 1.807) is 0 Å². The van der Waals surface area contributed by atoms with E-state index >= 15 is 0 Å². The molecule has 0 aromatic heterocycles. The first-order valence-electron chi connectivity index (χ1n) is 21.9. The third-order valence-electron chi connectivity index (χ3n) is 9.80. The molecule has 0 fully saturated rings. The van der Waals surface area contributed by atoms with Gasteiger partial charge in [-0.25, -0.2) is 0 Å². The Morgan fingerprint density at radius 2 is 0.857 bits per heavy atom. The predicted molar refractivity (Wildman–Crippen MR) is 210 cm³/mol. The largest absolute Gasteiger partial charge is 0.466 e. The van der Waals surface area contributed by atoms with Gasteiger partial charge in [0, 0.05) is 26.2 Å². The number of carbonyl (C=O) groups excluding carboxylic acids is 1. The van der Waals surface area contributed by atoms with Crippen molar-refractivity contribution in [1.82, 2.24) is 4.90 Å². The second-order valence-electron chi connectivity index (χ2n) is 14.7. The number of aliphatic hydroxyl groups is 1. The van der Waals surface area contributed by atoms with E-state index in [0.29, 0.717) is 13.0 Å². The van der Waals surface area contributed by atoms with Gasteiger partial charge in [-0.2, -0.15) is 0 Å². The number of hydrogen-bond donors (Lipinski definition) is 1. The van der Waals surface area contributed by atoms with Crippen molar-refractivity contribution < 1.29 is 24.1 Å². The third-order valence-corrected chi connectivity index (χ3v) is 9.80. The Labute approximate surface area is 306 Å². The summed E-state index contributed by atoms with van der Waals surface area (Å²) in [5.41, 5.74) is 0. The minimum absolute atomic E-state index is 0.0344. The van der Waals surface area contributed by atoms with Gasteiger partial charge in [0.2, 0.25) is 0 Å². The second-order valence-corrected chi connectivity index (χ2v) is 14.7. The molecule has 0 aliphatic heterocycles. The maximum atomic E-state index is 12.1. The first kappa shape index (κ1) is 48.3. The molecule has 0 aromatic carbocycles. The lowest BCUT2D eigenvalue weighted by Gasteiger charge is -2.21. The molecule has 0 atom stereocenters. The van der Waals surface area contributed by atoms with E-state index in [2.05, 4.69) is 25.7 Å². The molecule has 0 saturated carbocycles. The van der Waals surface area contributed by atoms with E-state index < -0.39 is 0 Å². The summed E-state index contributed by atoms with van der Waals surface area (Å²) in [7, 11) is 0. The van der Waals surface area contributed by atoms with Crippen molar-refractivity contribution in [2.75, 3.05) is 46.1 Å². The Kier molecular flexibility index (Phi) is 41.1. The topological polar surface area (TPSA) is 68.2 Å². The zero-order chi connectivity index (χ0) is 35.7. The number of aliphatic hydroxyl groups excluding tert-OH is 1. The second kappa shape index (κ2) is 41.7. The normalized spacial score (nSPS) is 11.7. The van der Waals surface area contributed by atoms with Crippen LogP contribution in [0.15, 0.2) is 0 Å². The van der Waals surface area contributed by atoms with E-state index in [-0.39, 0.29) is 18.9 Å². The molecule has 6 nitrogen and oxygen atoms in total. The minimum Gasteiger partial charge on any atom is -0.466 e. The quantitative estimate of drug-likeness (QED) is 0.0389. The fourth-order valence-corrected chi connectivity index (χ4v) is 6.52. The Bertz CT molecular complexity index is 615. The fraction of sp³-hybridized carbons (Fsp3) is 0.977. The molecular formula is C43H87NO5. The molecule has 0 radical (unpaired) electrons. The maximum absolute atomic E-state index is 12.1. The first-order valence-corrected chi connectivity index (χ1v) is 21.9. The van der Waals surface area contributed by atoms with Gasteiger partial charge in [0.1, 0.15) is 0 Å². The van der Waals surface area contributed by atoms with Gasteiger partial charge in [-0.05, 0) is 64.5 Å². The van der Waals surface area contributed by atoms with Crippen LogP contribution in [0.4, 0.5) is 0 Å². The fourth-order valence-electron chi connectivity index (χ4n) is 6.52. The Morgan fingerprint density at radius 1 is 0.469 bits per heavy atom. The van der Waals surface area contributed by atoms with Gasteiger partial charge in [0.05, 0.1) is 13.2 Å². The summed E-state index contributed by atoms with van der Waals surface area (Å²) < 4.78 is 17.9. The van der Waals surface area contributed by atoms with Crippen molar-refractivity contribution in [1.29, 1.82) is 0 Å². The van der Waals surface area contributed by atoms with Crippen LogP contribution in [-0.2, 0) is 19.0 Å². The van der Waals surface area contributed by atoms with Crippen molar-refractivity contribution in [3.05, 3.63) is 0 Å². The van der Waals surface area contributed by atoms with Crippen molar-refractivity contribution in [3.8, 4) is 0 Å². The van der Waals surface area contributed by atoms with Crippen LogP contribution >= 0.6 is 0 Å². The molecule has 0 spiro atoms. The van der Waals surface area contributed by atoms with Crippen molar-refractivity contribution >= 4 is 5.97 Å². The van der Waals surface area contributed by atoms with Crippen LogP contribution in [0.2, 0.25) is 0 Å². The Hall–Kier alpha value is -0.690. The average Bonchev–Trinajstić information content (AvgIpc) is 3.10. The van der Waals surface area contributed by atoms with Crippen LogP contribution in [0, 0.1) is 0 Å². The summed E-state index contributed by atoms with van der Waals surface area (Å²) in [6.45, 7) is 12.1. The number of hydrogen-bond acceptors (Lipinski definition) is 6. The van der Waals surface area contributed by atoms with E-state index in [1.807, 2.05) is 0 Å². The highest BCUT2D eigenvalue weighted by Gasteiger charge is 2.10. The number of rotatable bonds is 42. The average molecular weight is 698 g/mol. The molecule has 0 bridgehead atoms. The van der Waals surface area contributed by atoms with Gasteiger partial charge >= 0.3 is 5.97 Å². The zero-order valence-corrected chi connectivity index (χ0v) is 33.5. The molecule has 0 rings (SSSR count). The first-order chi connectivity index (χ1) is 24.2. The van der Waals surface area contributed by atoms with Gasteiger partial charge in [-0.1, -0.05) is 162 Å². The Balaban J connectivity index is 3.95. The van der Waals surface area contributed by atoms with Gasteiger partial charge in [-0.3, -0.25) is 4.79 Å². The molecule has 0 amide bonds. The lowest BCUT2D eigenvalue weighted by atomic mass is 10.1. The summed E-state index contributed by atoms with van der Waals surface area (Å²) >= 11 is 0. The van der Waals surface area contributed by atoms with Crippen LogP contribution in [0.5, 0.6) is 0 Å². The summed E-state index contributed by atoms with van der Waals surface area (Å²) in [4.78, 5) is 14.5. The summed E-state index contributed by atoms with van der Waals surface area (Å²) in [6, 6.07) is 0. The summed E-state index contributed by atoms with van der Waals surface area (Å²) in [6.07, 6.45) is 37.6. The van der Waals surface area contributed by atoms with Gasteiger partial charge in [0.15, 0.2) is 6.29 Å². The van der Waals surface area contributed by atoms with Crippen LogP contribution in [0.3, 0.4) is 0 Å². The van der Waals surface area contributed by atoms with Gasteiger partial charge in [-0.15, -0.1) is 0 Å². The molecule has 0 aromatic rings. The zero-order valence-electron chi connectivity index (χ0n) is 33.5. The van der Waals surface area contributed by atoms with Crippen LogP contribution in [0.1, 0.15) is 220 Å². The van der Waals surface area contributed by atoms with E-state index in [9.17, 15) is 9.90 Å². The Morgan fingerprint density at radius 3 is 1.33 bits per heavy atom. The number of esters is 1. The highest BCUT2D eigenvalue weighted by atomic mass is 16.7. The van der Waals surface area contributed by atoms with Crippen molar-refractivity contribution in [3.63, 3.8) is 0 Å². The van der Waals surface area contributed by atoms with E-state index in [4.69, 9.17) is 14.2 Å². The summed E-state index contributed by atoms with van der Waals surface area (Å²) in [5.74, 6) is -0.0353. The molecule has 49 heavy (non-hydrogen) atoms. The van der Waals surface area contributed by atoms with Crippen LogP contribution in [0.25, 0.3) is 0 Å². The molecular weight excluding hydrogens is 610 g/mol. The van der Waals surface area contributed by atoms with E-state index in [1.165, 1.54) is 148 Å². The van der Waals surface area contributed by atoms with Crippen molar-refractivity contribution in [2.24, 2.45) is 0 Å². The highest BCUT2D eigenvalue weighted by molar-refractivity contribution is 5.69. The maximum Gasteiger partial charge on any atom is 0.305 e. The predicted octanol–water partition coefficient (Wildman–Crippen LogP) is 12.3. The highest BCUT2D eigenvalue weighted by Crippen LogP contribution is 2.15. The SMILES string of the molecule is CCCCCCCCCCCOC(=O)CCCCCN(CCO)CCCCCCCC(OCCCCCCCC)OCCCCCCCC. The minimum atomic E-state index is -0.0353. The van der Waals surface area contributed by atoms with Gasteiger partial charge in [0.25, 0.3) is 0 Å². The molecule has 0 unspecified atom stereocenters. The van der Waals surface area contributed by atoms with Gasteiger partial charge < -0.3 is 24.2 Å². The summed E-state index contributed by atoms with van der Waals surface area (Å²) in [5, 5.41) is 9.56. The van der Waals surface area contributed by atoms with Crippen LogP contribution < -0.4 is 0 Å².